The molecule has 2 amide bonds. The van der Waals surface area contributed by atoms with Crippen molar-refractivity contribution in [2.75, 3.05) is 6.54 Å². The van der Waals surface area contributed by atoms with Crippen LogP contribution in [0.5, 0.6) is 0 Å². The summed E-state index contributed by atoms with van der Waals surface area (Å²) in [4.78, 5) is 26.9. The molecule has 8 heteroatoms. The Kier molecular flexibility index (Phi) is 7.64. The van der Waals surface area contributed by atoms with E-state index in [9.17, 15) is 18.4 Å². The van der Waals surface area contributed by atoms with Crippen molar-refractivity contribution in [1.82, 2.24) is 15.4 Å². The van der Waals surface area contributed by atoms with Gasteiger partial charge >= 0.3 is 0 Å². The third kappa shape index (κ3) is 5.53. The lowest BCUT2D eigenvalue weighted by Gasteiger charge is -2.39. The number of nitrogens with zero attached hydrogens (tertiary/aromatic N) is 2. The molecule has 2 aromatic rings. The molecule has 1 saturated heterocycles. The summed E-state index contributed by atoms with van der Waals surface area (Å²) in [5, 5.41) is 6.82. The van der Waals surface area contributed by atoms with E-state index in [0.717, 1.165) is 43.7 Å². The first kappa shape index (κ1) is 23.9. The van der Waals surface area contributed by atoms with Crippen LogP contribution in [0.1, 0.15) is 63.9 Å². The van der Waals surface area contributed by atoms with Crippen LogP contribution in [0.25, 0.3) is 11.3 Å². The van der Waals surface area contributed by atoms with Gasteiger partial charge < -0.3 is 14.7 Å². The lowest BCUT2D eigenvalue weighted by atomic mass is 9.94. The second-order valence-corrected chi connectivity index (χ2v) is 9.23. The molecule has 0 spiro atoms. The van der Waals surface area contributed by atoms with Crippen molar-refractivity contribution in [1.29, 1.82) is 0 Å². The van der Waals surface area contributed by atoms with Crippen LogP contribution in [0.4, 0.5) is 8.78 Å². The molecule has 1 aromatic heterocycles. The van der Waals surface area contributed by atoms with Crippen molar-refractivity contribution in [3.8, 4) is 11.3 Å². The second-order valence-electron chi connectivity index (χ2n) is 9.23. The number of halogens is 2. The van der Waals surface area contributed by atoms with Gasteiger partial charge in [-0.25, -0.2) is 8.78 Å². The first-order valence-electron chi connectivity index (χ1n) is 11.2. The van der Waals surface area contributed by atoms with Crippen molar-refractivity contribution >= 4 is 11.8 Å². The zero-order chi connectivity index (χ0) is 23.4. The number of carbonyl (C=O) groups excluding carboxylic acids is 2. The molecule has 32 heavy (non-hydrogen) atoms. The van der Waals surface area contributed by atoms with E-state index in [0.29, 0.717) is 12.5 Å². The van der Waals surface area contributed by atoms with Crippen molar-refractivity contribution in [3.63, 3.8) is 0 Å². The molecule has 2 fully saturated rings. The number of piperazine rings is 1. The predicted octanol–water partition coefficient (Wildman–Crippen LogP) is 4.80. The summed E-state index contributed by atoms with van der Waals surface area (Å²) >= 11 is 0. The first-order valence-corrected chi connectivity index (χ1v) is 11.2. The monoisotopic (exact) mass is 447 g/mol. The molecule has 1 aliphatic heterocycles. The quantitative estimate of drug-likeness (QED) is 0.733. The van der Waals surface area contributed by atoms with E-state index < -0.39 is 23.6 Å². The zero-order valence-corrected chi connectivity index (χ0v) is 19.0. The molecule has 1 N–H and O–H groups in total. The number of carbonyl (C=O) groups is 2. The summed E-state index contributed by atoms with van der Waals surface area (Å²) in [5.41, 5.74) is 0.310. The number of hydrogen-bond donors (Lipinski definition) is 1. The first-order chi connectivity index (χ1) is 15.2. The minimum atomic E-state index is -1.01. The fourth-order valence-electron chi connectivity index (χ4n) is 4.05. The topological polar surface area (TPSA) is 75.4 Å². The molecule has 0 bridgehead atoms. The van der Waals surface area contributed by atoms with E-state index in [2.05, 4.69) is 31.2 Å². The van der Waals surface area contributed by atoms with Gasteiger partial charge in [-0.3, -0.25) is 9.59 Å². The van der Waals surface area contributed by atoms with Crippen LogP contribution in [0, 0.1) is 23.5 Å². The van der Waals surface area contributed by atoms with Crippen molar-refractivity contribution in [3.05, 3.63) is 41.6 Å². The average Bonchev–Trinajstić information content (AvgIpc) is 3.43. The fraction of sp³-hybridized carbons (Fsp3) is 0.542. The largest absolute Gasteiger partial charge is 0.355 e. The summed E-state index contributed by atoms with van der Waals surface area (Å²) in [6.07, 6.45) is 4.38. The third-order valence-corrected chi connectivity index (χ3v) is 5.73. The minimum Gasteiger partial charge on any atom is -0.355 e. The van der Waals surface area contributed by atoms with Gasteiger partial charge in [-0.2, -0.15) is 0 Å². The van der Waals surface area contributed by atoms with Gasteiger partial charge in [-0.15, -0.1) is 0 Å². The van der Waals surface area contributed by atoms with Crippen molar-refractivity contribution in [2.24, 2.45) is 11.8 Å². The molecule has 174 valence electrons. The van der Waals surface area contributed by atoms with Gasteiger partial charge in [0, 0.05) is 24.2 Å². The molecule has 1 aliphatic carbocycles. The van der Waals surface area contributed by atoms with Crippen LogP contribution in [0.15, 0.2) is 28.8 Å². The maximum atomic E-state index is 13.4. The summed E-state index contributed by atoms with van der Waals surface area (Å²) in [6.45, 7) is 8.60. The Balaban J connectivity index is 0.000000668. The Morgan fingerprint density at radius 2 is 1.81 bits per heavy atom. The van der Waals surface area contributed by atoms with Gasteiger partial charge in [0.05, 0.1) is 0 Å². The van der Waals surface area contributed by atoms with Gasteiger partial charge in [0.15, 0.2) is 23.1 Å². The number of benzene rings is 1. The maximum absolute atomic E-state index is 13.4. The Morgan fingerprint density at radius 1 is 1.16 bits per heavy atom. The normalized spacial score (nSPS) is 21.3. The molecule has 6 nitrogen and oxygen atoms in total. The molecule has 2 heterocycles. The smallest absolute Gasteiger partial charge is 0.276 e. The van der Waals surface area contributed by atoms with E-state index in [-0.39, 0.29) is 29.0 Å². The summed E-state index contributed by atoms with van der Waals surface area (Å²) in [6, 6.07) is 4.02. The highest BCUT2D eigenvalue weighted by molar-refractivity contribution is 5.97. The van der Waals surface area contributed by atoms with Crippen LogP contribution in [0.2, 0.25) is 0 Å². The lowest BCUT2D eigenvalue weighted by molar-refractivity contribution is -0.129. The Bertz CT molecular complexity index is 951. The fourth-order valence-corrected chi connectivity index (χ4v) is 4.05. The standard InChI is InChI=1S/C20H21F2N3O3.C4H10/c1-11-19(26)23-17(12-4-2-3-5-12)10-25(11)20(27)16-9-18(28-24-16)13-6-7-14(21)15(22)8-13;1-4(2)3/h6-9,11-12,17H,2-5,10H2,1H3,(H,23,26);4H,1-3H3. The highest BCUT2D eigenvalue weighted by Gasteiger charge is 2.39. The van der Waals surface area contributed by atoms with E-state index >= 15 is 0 Å². The van der Waals surface area contributed by atoms with Gasteiger partial charge in [0.25, 0.3) is 5.91 Å². The van der Waals surface area contributed by atoms with Gasteiger partial charge in [-0.1, -0.05) is 38.8 Å². The van der Waals surface area contributed by atoms with E-state index in [4.69, 9.17) is 4.52 Å². The van der Waals surface area contributed by atoms with E-state index in [1.54, 1.807) is 6.92 Å². The van der Waals surface area contributed by atoms with Crippen LogP contribution in [-0.4, -0.2) is 40.5 Å². The number of hydrogen-bond acceptors (Lipinski definition) is 4. The van der Waals surface area contributed by atoms with Crippen LogP contribution in [0.3, 0.4) is 0 Å². The maximum Gasteiger partial charge on any atom is 0.276 e. The van der Waals surface area contributed by atoms with E-state index in [1.807, 2.05) is 0 Å². The number of nitrogens with one attached hydrogen (secondary N) is 1. The molecule has 4 rings (SSSR count). The van der Waals surface area contributed by atoms with Crippen LogP contribution < -0.4 is 5.32 Å². The summed E-state index contributed by atoms with van der Waals surface area (Å²) in [7, 11) is 0. The summed E-state index contributed by atoms with van der Waals surface area (Å²) in [5.74, 6) is -1.21. The van der Waals surface area contributed by atoms with E-state index in [1.165, 1.54) is 17.0 Å². The lowest BCUT2D eigenvalue weighted by Crippen LogP contribution is -2.62. The van der Waals surface area contributed by atoms with Crippen LogP contribution >= 0.6 is 0 Å². The Labute approximate surface area is 187 Å². The highest BCUT2D eigenvalue weighted by atomic mass is 19.2. The average molecular weight is 448 g/mol. The molecule has 0 radical (unpaired) electrons. The molecule has 1 saturated carbocycles. The summed E-state index contributed by atoms with van der Waals surface area (Å²) < 4.78 is 31.7. The SMILES string of the molecule is CC(C)C.CC1C(=O)NC(C2CCCC2)CN1C(=O)c1cc(-c2ccc(F)c(F)c2)on1. The number of aromatic nitrogens is 1. The van der Waals surface area contributed by atoms with Crippen molar-refractivity contribution < 1.29 is 22.9 Å². The Morgan fingerprint density at radius 3 is 2.44 bits per heavy atom. The molecule has 2 atom stereocenters. The molecule has 1 aromatic carbocycles. The van der Waals surface area contributed by atoms with Crippen LogP contribution in [-0.2, 0) is 4.79 Å². The minimum absolute atomic E-state index is 0.0338. The van der Waals surface area contributed by atoms with Gasteiger partial charge in [0.2, 0.25) is 5.91 Å². The number of amides is 2. The van der Waals surface area contributed by atoms with Gasteiger partial charge in [0.1, 0.15) is 6.04 Å². The molecule has 2 aliphatic rings. The number of rotatable bonds is 3. The van der Waals surface area contributed by atoms with Gasteiger partial charge in [-0.05, 0) is 49.8 Å². The Hall–Kier alpha value is -2.77. The molecular weight excluding hydrogens is 416 g/mol. The zero-order valence-electron chi connectivity index (χ0n) is 19.0. The second kappa shape index (κ2) is 10.2. The third-order valence-electron chi connectivity index (χ3n) is 5.73. The van der Waals surface area contributed by atoms with Crippen molar-refractivity contribution in [2.45, 2.75) is 65.5 Å². The molecular formula is C24H31F2N3O3. The predicted molar refractivity (Wildman–Crippen MR) is 117 cm³/mol. The molecule has 2 unspecified atom stereocenters. The highest BCUT2D eigenvalue weighted by Crippen LogP contribution is 2.30.